The van der Waals surface area contributed by atoms with Crippen molar-refractivity contribution in [2.24, 2.45) is 4.99 Å². The van der Waals surface area contributed by atoms with E-state index >= 15 is 0 Å². The summed E-state index contributed by atoms with van der Waals surface area (Å²) in [5, 5.41) is 17.4. The van der Waals surface area contributed by atoms with Gasteiger partial charge in [0.05, 0.1) is 0 Å². The van der Waals surface area contributed by atoms with Gasteiger partial charge in [0.2, 0.25) is 0 Å². The van der Waals surface area contributed by atoms with Crippen molar-refractivity contribution in [1.29, 1.82) is 0 Å². The predicted molar refractivity (Wildman–Crippen MR) is 100 cm³/mol. The summed E-state index contributed by atoms with van der Waals surface area (Å²) in [6.07, 6.45) is 2.23. The molecule has 26 heavy (non-hydrogen) atoms. The molecule has 2 heterocycles. The van der Waals surface area contributed by atoms with Crippen LogP contribution in [0.25, 0.3) is 5.65 Å². The minimum absolute atomic E-state index is 0.430. The molecule has 142 valence electrons. The number of amides is 1. The molecule has 0 saturated heterocycles. The van der Waals surface area contributed by atoms with Crippen molar-refractivity contribution in [3.63, 3.8) is 0 Å². The minimum Gasteiger partial charge on any atom is -0.444 e. The van der Waals surface area contributed by atoms with Gasteiger partial charge in [-0.3, -0.25) is 9.39 Å². The minimum atomic E-state index is -0.499. The van der Waals surface area contributed by atoms with Gasteiger partial charge in [-0.05, 0) is 32.9 Å². The van der Waals surface area contributed by atoms with E-state index in [1.165, 1.54) is 0 Å². The number of carbonyl (C=O) groups is 1. The maximum atomic E-state index is 11.6. The molecule has 2 rings (SSSR count). The van der Waals surface area contributed by atoms with Crippen molar-refractivity contribution >= 4 is 17.7 Å². The lowest BCUT2D eigenvalue weighted by Crippen LogP contribution is -2.43. The number of pyridine rings is 1. The normalized spacial score (nSPS) is 12.1. The first kappa shape index (κ1) is 19.5. The standard InChI is InChI=1S/C17H27N7O2/c1-17(2,3)26-16(25)21-11-10-20-15(18-4)19-9-8-14-23-22-13-7-5-6-12-24(13)14/h5-7,12H,8-11H2,1-4H3,(H,21,25)(H2,18,19,20). The van der Waals surface area contributed by atoms with Crippen LogP contribution in [0, 0.1) is 0 Å². The topological polar surface area (TPSA) is 105 Å². The van der Waals surface area contributed by atoms with Gasteiger partial charge in [-0.2, -0.15) is 0 Å². The van der Waals surface area contributed by atoms with E-state index < -0.39 is 11.7 Å². The summed E-state index contributed by atoms with van der Waals surface area (Å²) < 4.78 is 7.13. The Morgan fingerprint density at radius 1 is 1.15 bits per heavy atom. The lowest BCUT2D eigenvalue weighted by molar-refractivity contribution is 0.0529. The van der Waals surface area contributed by atoms with E-state index in [-0.39, 0.29) is 0 Å². The largest absolute Gasteiger partial charge is 0.444 e. The van der Waals surface area contributed by atoms with Crippen LogP contribution in [0.2, 0.25) is 0 Å². The molecule has 3 N–H and O–H groups in total. The zero-order valence-electron chi connectivity index (χ0n) is 15.7. The number of hydrogen-bond donors (Lipinski definition) is 3. The zero-order chi connectivity index (χ0) is 19.0. The monoisotopic (exact) mass is 361 g/mol. The lowest BCUT2D eigenvalue weighted by atomic mass is 10.2. The predicted octanol–water partition coefficient (Wildman–Crippen LogP) is 0.961. The molecule has 0 bridgehead atoms. The van der Waals surface area contributed by atoms with Crippen molar-refractivity contribution in [3.05, 3.63) is 30.2 Å². The Morgan fingerprint density at radius 3 is 2.62 bits per heavy atom. The Labute approximate surface area is 153 Å². The first-order valence-corrected chi connectivity index (χ1v) is 8.59. The molecule has 0 unspecified atom stereocenters. The Morgan fingerprint density at radius 2 is 1.88 bits per heavy atom. The molecule has 0 aliphatic rings. The highest BCUT2D eigenvalue weighted by Crippen LogP contribution is 2.06. The highest BCUT2D eigenvalue weighted by atomic mass is 16.6. The van der Waals surface area contributed by atoms with Gasteiger partial charge in [-0.25, -0.2) is 4.79 Å². The first-order chi connectivity index (χ1) is 12.4. The fraction of sp³-hybridized carbons (Fsp3) is 0.529. The molecular formula is C17H27N7O2. The van der Waals surface area contributed by atoms with E-state index in [9.17, 15) is 4.79 Å². The Balaban J connectivity index is 1.67. The van der Waals surface area contributed by atoms with Gasteiger partial charge in [0.25, 0.3) is 0 Å². The Hall–Kier alpha value is -2.84. The molecule has 2 aromatic rings. The average Bonchev–Trinajstić information content (AvgIpc) is 2.99. The third kappa shape index (κ3) is 6.23. The van der Waals surface area contributed by atoms with E-state index in [0.717, 1.165) is 11.5 Å². The van der Waals surface area contributed by atoms with Crippen molar-refractivity contribution < 1.29 is 9.53 Å². The number of nitrogens with one attached hydrogen (secondary N) is 3. The quantitative estimate of drug-likeness (QED) is 0.402. The molecule has 1 amide bonds. The number of alkyl carbamates (subject to hydrolysis) is 1. The average molecular weight is 361 g/mol. The number of ether oxygens (including phenoxy) is 1. The van der Waals surface area contributed by atoms with Crippen LogP contribution in [0.3, 0.4) is 0 Å². The van der Waals surface area contributed by atoms with Crippen LogP contribution < -0.4 is 16.0 Å². The van der Waals surface area contributed by atoms with Gasteiger partial charge in [-0.15, -0.1) is 10.2 Å². The number of carbonyl (C=O) groups excluding carboxylic acids is 1. The second kappa shape index (κ2) is 9.02. The number of fused-ring (bicyclic) bond motifs is 1. The Bertz CT molecular complexity index is 749. The number of aromatic nitrogens is 3. The van der Waals surface area contributed by atoms with E-state index in [4.69, 9.17) is 4.74 Å². The van der Waals surface area contributed by atoms with Crippen molar-refractivity contribution in [2.45, 2.75) is 32.8 Å². The maximum Gasteiger partial charge on any atom is 0.407 e. The van der Waals surface area contributed by atoms with E-state index in [1.807, 2.05) is 49.6 Å². The summed E-state index contributed by atoms with van der Waals surface area (Å²) in [6, 6.07) is 5.80. The SMILES string of the molecule is CN=C(NCCNC(=O)OC(C)(C)C)NCCc1nnc2ccccn12. The summed E-state index contributed by atoms with van der Waals surface area (Å²) in [4.78, 5) is 15.7. The second-order valence-corrected chi connectivity index (χ2v) is 6.65. The number of guanidine groups is 1. The fourth-order valence-corrected chi connectivity index (χ4v) is 2.23. The molecule has 0 atom stereocenters. The molecule has 9 nitrogen and oxygen atoms in total. The van der Waals surface area contributed by atoms with Crippen LogP contribution in [-0.2, 0) is 11.2 Å². The molecule has 0 saturated carbocycles. The molecular weight excluding hydrogens is 334 g/mol. The molecule has 0 aliphatic heterocycles. The molecule has 0 aliphatic carbocycles. The molecule has 0 spiro atoms. The van der Waals surface area contributed by atoms with Crippen LogP contribution in [0.1, 0.15) is 26.6 Å². The van der Waals surface area contributed by atoms with Gasteiger partial charge in [0.15, 0.2) is 11.6 Å². The molecule has 0 fully saturated rings. The van der Waals surface area contributed by atoms with Crippen LogP contribution in [0.4, 0.5) is 4.79 Å². The number of aliphatic imine (C=N–C) groups is 1. The highest BCUT2D eigenvalue weighted by Gasteiger charge is 2.15. The summed E-state index contributed by atoms with van der Waals surface area (Å²) in [5.41, 5.74) is 0.333. The Kier molecular flexibility index (Phi) is 6.76. The second-order valence-electron chi connectivity index (χ2n) is 6.65. The van der Waals surface area contributed by atoms with Crippen LogP contribution in [-0.4, -0.2) is 58.9 Å². The number of nitrogens with zero attached hydrogens (tertiary/aromatic N) is 4. The van der Waals surface area contributed by atoms with Crippen molar-refractivity contribution in [1.82, 2.24) is 30.5 Å². The van der Waals surface area contributed by atoms with Crippen LogP contribution in [0.15, 0.2) is 29.4 Å². The summed E-state index contributed by atoms with van der Waals surface area (Å²) in [6.45, 7) is 7.12. The molecule has 0 aromatic carbocycles. The summed E-state index contributed by atoms with van der Waals surface area (Å²) in [5.74, 6) is 1.54. The van der Waals surface area contributed by atoms with E-state index in [2.05, 4.69) is 31.1 Å². The fourth-order valence-electron chi connectivity index (χ4n) is 2.23. The lowest BCUT2D eigenvalue weighted by Gasteiger charge is -2.19. The zero-order valence-corrected chi connectivity index (χ0v) is 15.7. The van der Waals surface area contributed by atoms with Gasteiger partial charge in [-0.1, -0.05) is 6.07 Å². The first-order valence-electron chi connectivity index (χ1n) is 8.59. The number of hydrogen-bond acceptors (Lipinski definition) is 5. The van der Waals surface area contributed by atoms with Gasteiger partial charge in [0, 0.05) is 39.3 Å². The van der Waals surface area contributed by atoms with E-state index in [1.54, 1.807) is 7.05 Å². The third-order valence-corrected chi connectivity index (χ3v) is 3.33. The summed E-state index contributed by atoms with van der Waals surface area (Å²) >= 11 is 0. The van der Waals surface area contributed by atoms with E-state index in [0.29, 0.717) is 32.0 Å². The highest BCUT2D eigenvalue weighted by molar-refractivity contribution is 5.79. The third-order valence-electron chi connectivity index (χ3n) is 3.33. The van der Waals surface area contributed by atoms with Crippen LogP contribution in [0.5, 0.6) is 0 Å². The smallest absolute Gasteiger partial charge is 0.407 e. The molecule has 0 radical (unpaired) electrons. The molecule has 2 aromatic heterocycles. The summed E-state index contributed by atoms with van der Waals surface area (Å²) in [7, 11) is 1.70. The molecule has 9 heteroatoms. The van der Waals surface area contributed by atoms with Gasteiger partial charge >= 0.3 is 6.09 Å². The van der Waals surface area contributed by atoms with Crippen molar-refractivity contribution in [2.75, 3.05) is 26.7 Å². The van der Waals surface area contributed by atoms with Crippen LogP contribution >= 0.6 is 0 Å². The van der Waals surface area contributed by atoms with Gasteiger partial charge in [0.1, 0.15) is 11.4 Å². The van der Waals surface area contributed by atoms with Gasteiger partial charge < -0.3 is 20.7 Å². The van der Waals surface area contributed by atoms with Crippen molar-refractivity contribution in [3.8, 4) is 0 Å². The number of rotatable bonds is 6. The maximum absolute atomic E-state index is 11.6.